The van der Waals surface area contributed by atoms with Gasteiger partial charge in [-0.2, -0.15) is 13.2 Å². The number of hydroxylamine groups is 1. The number of rotatable bonds is 10. The van der Waals surface area contributed by atoms with E-state index >= 15 is 0 Å². The van der Waals surface area contributed by atoms with E-state index in [0.29, 0.717) is 24.1 Å². The first-order valence-corrected chi connectivity index (χ1v) is 12.8. The average Bonchev–Trinajstić information content (AvgIpc) is 3.55. The predicted octanol–water partition coefficient (Wildman–Crippen LogP) is 0.864. The zero-order chi connectivity index (χ0) is 29.4. The number of hydrogen-bond acceptors (Lipinski definition) is 7. The van der Waals surface area contributed by atoms with Gasteiger partial charge in [-0.05, 0) is 37.0 Å². The number of carboxylic acid groups (broad SMARTS) is 1. The third kappa shape index (κ3) is 10.6. The summed E-state index contributed by atoms with van der Waals surface area (Å²) >= 11 is 0. The zero-order valence-electron chi connectivity index (χ0n) is 20.5. The number of hydrogen-bond donors (Lipinski definition) is 7. The summed E-state index contributed by atoms with van der Waals surface area (Å²) in [6.45, 7) is 1.76. The van der Waals surface area contributed by atoms with Crippen LogP contribution >= 0.6 is 0 Å². The van der Waals surface area contributed by atoms with Gasteiger partial charge in [0.25, 0.3) is 5.56 Å². The standard InChI is InChI=1S/C20H26N6O5S.C2HF3O2/c1-13-9-15(10-16(27)24-20(7-8-20)12-31-25-19(21)22)17(18(28)23-13)26-32(29,30)11-14-5-3-2-4-6-14;3-2(4,5)1(6)7/h2-6,9,26H,7-8,10-12H2,1H3,(H,23,28)(H,24,27)(H4,21,22,25);(H,6,7). The van der Waals surface area contributed by atoms with Crippen molar-refractivity contribution in [1.82, 2.24) is 15.8 Å². The molecule has 0 bridgehead atoms. The van der Waals surface area contributed by atoms with E-state index in [1.165, 1.54) is 0 Å². The first-order valence-electron chi connectivity index (χ1n) is 11.1. The normalized spacial score (nSPS) is 13.8. The number of aliphatic carboxylic acids is 1. The van der Waals surface area contributed by atoms with E-state index in [9.17, 15) is 31.2 Å². The van der Waals surface area contributed by atoms with Gasteiger partial charge in [0.2, 0.25) is 21.9 Å². The number of halogens is 3. The minimum atomic E-state index is -5.08. The van der Waals surface area contributed by atoms with E-state index in [-0.39, 0.29) is 41.9 Å². The molecular formula is C22H27F3N6O7S. The second-order valence-corrected chi connectivity index (χ2v) is 10.4. The summed E-state index contributed by atoms with van der Waals surface area (Å²) in [5.74, 6) is -3.80. The van der Waals surface area contributed by atoms with Crippen molar-refractivity contribution >= 4 is 33.5 Å². The highest BCUT2D eigenvalue weighted by Gasteiger charge is 2.44. The van der Waals surface area contributed by atoms with Gasteiger partial charge in [-0.25, -0.2) is 18.7 Å². The van der Waals surface area contributed by atoms with E-state index in [2.05, 4.69) is 20.5 Å². The fraction of sp³-hybridized carbons (Fsp3) is 0.364. The Labute approximate surface area is 220 Å². The molecule has 0 atom stereocenters. The lowest BCUT2D eigenvalue weighted by atomic mass is 10.1. The number of anilines is 1. The number of pyridine rings is 1. The van der Waals surface area contributed by atoms with Crippen LogP contribution in [-0.4, -0.2) is 54.7 Å². The van der Waals surface area contributed by atoms with E-state index in [1.807, 2.05) is 0 Å². The molecule has 13 nitrogen and oxygen atoms in total. The fourth-order valence-corrected chi connectivity index (χ4v) is 4.45. The average molecular weight is 577 g/mol. The van der Waals surface area contributed by atoms with Crippen LogP contribution in [0.5, 0.6) is 0 Å². The molecule has 1 aromatic carbocycles. The van der Waals surface area contributed by atoms with Crippen LogP contribution in [-0.2, 0) is 36.6 Å². The lowest BCUT2D eigenvalue weighted by Gasteiger charge is -2.18. The van der Waals surface area contributed by atoms with Gasteiger partial charge in [-0.15, -0.1) is 0 Å². The summed E-state index contributed by atoms with van der Waals surface area (Å²) in [5, 5.41) is 17.1. The number of nitrogens with two attached hydrogens (primary N) is 1. The summed E-state index contributed by atoms with van der Waals surface area (Å²) in [6, 6.07) is 10.1. The molecule has 1 heterocycles. The number of aromatic amines is 1. The third-order valence-electron chi connectivity index (χ3n) is 5.09. The van der Waals surface area contributed by atoms with Crippen LogP contribution in [0.4, 0.5) is 18.9 Å². The van der Waals surface area contributed by atoms with Crippen molar-refractivity contribution in [3.8, 4) is 0 Å². The van der Waals surface area contributed by atoms with Crippen molar-refractivity contribution in [2.45, 2.75) is 43.7 Å². The predicted molar refractivity (Wildman–Crippen MR) is 133 cm³/mol. The van der Waals surface area contributed by atoms with E-state index < -0.39 is 33.3 Å². The molecular weight excluding hydrogens is 549 g/mol. The minimum Gasteiger partial charge on any atom is -0.475 e. The number of aryl methyl sites for hydroxylation is 1. The first-order chi connectivity index (χ1) is 18.0. The second-order valence-electron chi connectivity index (χ2n) is 8.64. The van der Waals surface area contributed by atoms with Gasteiger partial charge < -0.3 is 21.1 Å². The van der Waals surface area contributed by atoms with Crippen LogP contribution in [0.25, 0.3) is 0 Å². The number of alkyl halides is 3. The van der Waals surface area contributed by atoms with Crippen molar-refractivity contribution in [1.29, 1.82) is 5.41 Å². The SMILES string of the molecule is Cc1cc(CC(=O)NC2(CONC(=N)N)CC2)c(NS(=O)(=O)Cc2ccccc2)c(=O)[nH]1.O=C(O)C(F)(F)F. The maximum Gasteiger partial charge on any atom is 0.490 e. The molecule has 0 radical (unpaired) electrons. The fourth-order valence-electron chi connectivity index (χ4n) is 3.21. The van der Waals surface area contributed by atoms with Crippen LogP contribution in [0, 0.1) is 12.3 Å². The molecule has 39 heavy (non-hydrogen) atoms. The molecule has 1 saturated carbocycles. The maximum atomic E-state index is 12.7. The number of H-pyrrole nitrogens is 1. The molecule has 0 unspecified atom stereocenters. The molecule has 1 aromatic heterocycles. The van der Waals surface area contributed by atoms with Gasteiger partial charge in [0.1, 0.15) is 5.69 Å². The minimum absolute atomic E-state index is 0.114. The first kappa shape index (κ1) is 31.1. The number of aromatic nitrogens is 1. The van der Waals surface area contributed by atoms with Gasteiger partial charge >= 0.3 is 12.1 Å². The molecule has 0 spiro atoms. The number of guanidine groups is 1. The number of benzene rings is 1. The summed E-state index contributed by atoms with van der Waals surface area (Å²) in [7, 11) is -3.89. The Balaban J connectivity index is 0.000000673. The van der Waals surface area contributed by atoms with Crippen molar-refractivity contribution in [3.63, 3.8) is 0 Å². The van der Waals surface area contributed by atoms with Gasteiger partial charge in [0.05, 0.1) is 24.3 Å². The maximum absolute atomic E-state index is 12.7. The van der Waals surface area contributed by atoms with Crippen LogP contribution in [0.15, 0.2) is 41.2 Å². The molecule has 0 aliphatic heterocycles. The van der Waals surface area contributed by atoms with E-state index in [4.69, 9.17) is 25.9 Å². The van der Waals surface area contributed by atoms with Crippen LogP contribution in [0.1, 0.15) is 29.7 Å². The largest absolute Gasteiger partial charge is 0.490 e. The Morgan fingerprint density at radius 1 is 1.23 bits per heavy atom. The van der Waals surface area contributed by atoms with Gasteiger partial charge in [0.15, 0.2) is 0 Å². The van der Waals surface area contributed by atoms with Crippen LogP contribution in [0.2, 0.25) is 0 Å². The highest BCUT2D eigenvalue weighted by Crippen LogP contribution is 2.35. The number of carboxylic acids is 1. The molecule has 1 amide bonds. The molecule has 8 N–H and O–H groups in total. The topological polar surface area (TPSA) is 217 Å². The van der Waals surface area contributed by atoms with Gasteiger partial charge in [-0.3, -0.25) is 24.6 Å². The highest BCUT2D eigenvalue weighted by atomic mass is 32.2. The van der Waals surface area contributed by atoms with Crippen molar-refractivity contribution < 1.29 is 41.1 Å². The summed E-state index contributed by atoms with van der Waals surface area (Å²) in [5.41, 5.74) is 7.33. The lowest BCUT2D eigenvalue weighted by molar-refractivity contribution is -0.192. The Hall–Kier alpha value is -4.12. The number of amides is 1. The van der Waals surface area contributed by atoms with Gasteiger partial charge in [0, 0.05) is 5.69 Å². The molecule has 1 aliphatic carbocycles. The number of carbonyl (C=O) groups is 2. The molecule has 214 valence electrons. The molecule has 1 aliphatic rings. The van der Waals surface area contributed by atoms with Crippen molar-refractivity contribution in [3.05, 3.63) is 63.6 Å². The van der Waals surface area contributed by atoms with Crippen LogP contribution in [0.3, 0.4) is 0 Å². The van der Waals surface area contributed by atoms with Crippen molar-refractivity contribution in [2.24, 2.45) is 5.73 Å². The number of nitrogens with one attached hydrogen (secondary N) is 5. The summed E-state index contributed by atoms with van der Waals surface area (Å²) in [6.07, 6.45) is -3.91. The molecule has 0 saturated heterocycles. The van der Waals surface area contributed by atoms with Crippen molar-refractivity contribution in [2.75, 3.05) is 11.3 Å². The smallest absolute Gasteiger partial charge is 0.475 e. The second kappa shape index (κ2) is 12.6. The Morgan fingerprint density at radius 3 is 2.33 bits per heavy atom. The molecule has 1 fully saturated rings. The summed E-state index contributed by atoms with van der Waals surface area (Å²) in [4.78, 5) is 41.7. The summed E-state index contributed by atoms with van der Waals surface area (Å²) < 4.78 is 59.4. The van der Waals surface area contributed by atoms with E-state index in [0.717, 1.165) is 0 Å². The Kier molecular flexibility index (Phi) is 10.1. The van der Waals surface area contributed by atoms with E-state index in [1.54, 1.807) is 43.3 Å². The Bertz CT molecular complexity index is 1360. The monoisotopic (exact) mass is 576 g/mol. The highest BCUT2D eigenvalue weighted by molar-refractivity contribution is 7.91. The number of carbonyl (C=O) groups excluding carboxylic acids is 1. The quantitative estimate of drug-likeness (QED) is 0.121. The van der Waals surface area contributed by atoms with Gasteiger partial charge in [-0.1, -0.05) is 30.3 Å². The number of sulfonamides is 1. The third-order valence-corrected chi connectivity index (χ3v) is 6.32. The zero-order valence-corrected chi connectivity index (χ0v) is 21.3. The lowest BCUT2D eigenvalue weighted by Crippen LogP contribution is -2.44. The van der Waals surface area contributed by atoms with Crippen LogP contribution < -0.4 is 26.8 Å². The molecule has 17 heteroatoms. The molecule has 2 aromatic rings. The molecule has 3 rings (SSSR count). The Morgan fingerprint density at radius 2 is 1.82 bits per heavy atom.